The van der Waals surface area contributed by atoms with E-state index >= 15 is 0 Å². The van der Waals surface area contributed by atoms with Crippen LogP contribution in [0.1, 0.15) is 181 Å². The lowest BCUT2D eigenvalue weighted by Crippen LogP contribution is -2.49. The van der Waals surface area contributed by atoms with Crippen LogP contribution >= 0.6 is 0 Å². The highest BCUT2D eigenvalue weighted by atomic mass is 16.5. The van der Waals surface area contributed by atoms with Crippen molar-refractivity contribution in [2.24, 2.45) is 0 Å². The summed E-state index contributed by atoms with van der Waals surface area (Å²) in [6.07, 6.45) is 20.4. The number of fused-ring (bicyclic) bond motifs is 4. The molecule has 8 heterocycles. The van der Waals surface area contributed by atoms with E-state index in [2.05, 4.69) is 30.2 Å². The Kier molecular flexibility index (Phi) is 21.5. The lowest BCUT2D eigenvalue weighted by atomic mass is 9.91. The molecule has 4 amide bonds. The van der Waals surface area contributed by atoms with Gasteiger partial charge in [0.15, 0.2) is 0 Å². The van der Waals surface area contributed by atoms with E-state index in [1.54, 1.807) is 0 Å². The van der Waals surface area contributed by atoms with Crippen molar-refractivity contribution in [2.75, 3.05) is 26.2 Å². The molecular weight excluding hydrogens is 1180 g/mol. The minimum atomic E-state index is 0. The Morgan fingerprint density at radius 3 is 0.713 bits per heavy atom. The van der Waals surface area contributed by atoms with Gasteiger partial charge in [-0.1, -0.05) is 132 Å². The van der Waals surface area contributed by atoms with Crippen LogP contribution in [0.25, 0.3) is 0 Å². The molecule has 8 aliphatic rings. The van der Waals surface area contributed by atoms with Gasteiger partial charge in [0.1, 0.15) is 95.0 Å². The lowest BCUT2D eigenvalue weighted by Gasteiger charge is -2.39. The van der Waals surface area contributed by atoms with Crippen molar-refractivity contribution in [1.29, 1.82) is 0 Å². The van der Waals surface area contributed by atoms with E-state index in [9.17, 15) is 19.2 Å². The summed E-state index contributed by atoms with van der Waals surface area (Å²) in [6.45, 7) is 7.78. The molecule has 4 fully saturated rings. The molecule has 4 aliphatic heterocycles. The molecule has 0 unspecified atom stereocenters. The van der Waals surface area contributed by atoms with Crippen LogP contribution in [0.5, 0.6) is 23.0 Å². The molecule has 494 valence electrons. The van der Waals surface area contributed by atoms with Crippen LogP contribution in [0.2, 0.25) is 0 Å². The van der Waals surface area contributed by atoms with E-state index in [1.807, 2.05) is 174 Å². The van der Waals surface area contributed by atoms with Crippen LogP contribution in [0.3, 0.4) is 0 Å². The fraction of sp³-hybridized carbons (Fsp3) is 0.459. The van der Waals surface area contributed by atoms with Crippen molar-refractivity contribution in [3.63, 3.8) is 0 Å². The summed E-state index contributed by atoms with van der Waals surface area (Å²) < 4.78 is 30.3. The summed E-state index contributed by atoms with van der Waals surface area (Å²) >= 11 is 0. The molecule has 0 atom stereocenters. The van der Waals surface area contributed by atoms with Gasteiger partial charge in [-0.2, -0.15) is 20.4 Å². The van der Waals surface area contributed by atoms with Crippen molar-refractivity contribution in [1.82, 2.24) is 58.7 Å². The van der Waals surface area contributed by atoms with Crippen LogP contribution in [-0.2, 0) is 52.6 Å². The second-order valence-electron chi connectivity index (χ2n) is 25.5. The average Bonchev–Trinajstić information content (AvgIpc) is 1.63. The van der Waals surface area contributed by atoms with Gasteiger partial charge in [-0.25, -0.2) is 0 Å². The van der Waals surface area contributed by atoms with E-state index < -0.39 is 0 Å². The van der Waals surface area contributed by atoms with Crippen molar-refractivity contribution in [3.8, 4) is 23.0 Å². The molecular formula is C74H90N12O8. The molecule has 4 saturated carbocycles. The number of hydrogen-bond acceptors (Lipinski definition) is 12. The highest BCUT2D eigenvalue weighted by Gasteiger charge is 2.37. The van der Waals surface area contributed by atoms with Gasteiger partial charge >= 0.3 is 0 Å². The Labute approximate surface area is 551 Å². The van der Waals surface area contributed by atoms with Crippen LogP contribution < -0.4 is 18.9 Å². The number of nitrogens with zero attached hydrogens (tertiary/aromatic N) is 12. The summed E-state index contributed by atoms with van der Waals surface area (Å²) in [7, 11) is 0. The van der Waals surface area contributed by atoms with Crippen LogP contribution in [-0.4, -0.2) is 133 Å². The van der Waals surface area contributed by atoms with Crippen molar-refractivity contribution in [3.05, 3.63) is 191 Å². The number of hydrogen-bond donors (Lipinski definition) is 0. The predicted octanol–water partition coefficient (Wildman–Crippen LogP) is 12.5. The van der Waals surface area contributed by atoms with Gasteiger partial charge in [-0.15, -0.1) is 0 Å². The number of carbonyl (C=O) groups is 4. The Balaban J connectivity index is 0.000000120. The minimum absolute atomic E-state index is 0. The van der Waals surface area contributed by atoms with E-state index in [0.717, 1.165) is 149 Å². The van der Waals surface area contributed by atoms with Crippen molar-refractivity contribution in [2.45, 2.75) is 193 Å². The zero-order chi connectivity index (χ0) is 63.3. The number of aromatic nitrogens is 8. The topological polar surface area (TPSA) is 189 Å². The van der Waals surface area contributed by atoms with Crippen molar-refractivity contribution < 1.29 is 38.1 Å². The van der Waals surface area contributed by atoms with Crippen molar-refractivity contribution >= 4 is 23.6 Å². The first kappa shape index (κ1) is 64.9. The number of carbonyl (C=O) groups excluding carboxylic acids is 4. The molecule has 4 aromatic carbocycles. The number of ether oxygens (including phenoxy) is 4. The number of amides is 4. The van der Waals surface area contributed by atoms with Crippen LogP contribution in [0, 0.1) is 0 Å². The van der Waals surface area contributed by atoms with E-state index in [1.165, 1.54) is 57.8 Å². The molecule has 0 radical (unpaired) electrons. The molecule has 16 rings (SSSR count). The molecule has 4 aromatic heterocycles. The zero-order valence-corrected chi connectivity index (χ0v) is 53.3. The Hall–Kier alpha value is -9.20. The Bertz CT molecular complexity index is 3630. The first-order chi connectivity index (χ1) is 45.7. The zero-order valence-electron chi connectivity index (χ0n) is 53.3. The Morgan fingerprint density at radius 2 is 0.500 bits per heavy atom. The molecule has 94 heavy (non-hydrogen) atoms. The third-order valence-corrected chi connectivity index (χ3v) is 19.3. The summed E-state index contributed by atoms with van der Waals surface area (Å²) in [4.78, 5) is 59.1. The molecule has 0 saturated heterocycles. The SMILES string of the molecule is C.O=C1c2cc(COc3ccccc3)nn2CCN1C1CCC1.O=C1c2cc(COc3ccccc3)nn2CCN1C1CCCC1.O=C1c2cc(COc3ccccc3)nn2CCN1C1CCCCC1.O=C1c2cc(COc3ccccc3)nn2CCN1C1CCCCC1. The highest BCUT2D eigenvalue weighted by Crippen LogP contribution is 2.32. The molecule has 0 bridgehead atoms. The summed E-state index contributed by atoms with van der Waals surface area (Å²) in [5.74, 6) is 3.78. The number of benzene rings is 4. The summed E-state index contributed by atoms with van der Waals surface area (Å²) in [5, 5.41) is 18.1. The maximum absolute atomic E-state index is 12.8. The fourth-order valence-electron chi connectivity index (χ4n) is 14.1. The quantitative estimate of drug-likeness (QED) is 0.0891. The van der Waals surface area contributed by atoms with E-state index in [0.29, 0.717) is 73.4 Å². The maximum atomic E-state index is 12.8. The van der Waals surface area contributed by atoms with Gasteiger partial charge in [0.05, 0.1) is 26.2 Å². The molecule has 20 heteroatoms. The van der Waals surface area contributed by atoms with Gasteiger partial charge in [0, 0.05) is 50.3 Å². The third-order valence-electron chi connectivity index (χ3n) is 19.3. The number of para-hydroxylation sites is 4. The van der Waals surface area contributed by atoms with Crippen LogP contribution in [0.15, 0.2) is 146 Å². The summed E-state index contributed by atoms with van der Waals surface area (Å²) in [6, 6.07) is 48.0. The van der Waals surface area contributed by atoms with Gasteiger partial charge < -0.3 is 38.5 Å². The third kappa shape index (κ3) is 15.7. The van der Waals surface area contributed by atoms with Gasteiger partial charge in [0.25, 0.3) is 23.6 Å². The van der Waals surface area contributed by atoms with Gasteiger partial charge in [-0.05, 0) is 131 Å². The normalized spacial score (nSPS) is 18.1. The smallest absolute Gasteiger partial charge is 0.272 e. The Morgan fingerprint density at radius 1 is 0.287 bits per heavy atom. The minimum Gasteiger partial charge on any atom is -0.487 e. The molecule has 0 spiro atoms. The predicted molar refractivity (Wildman–Crippen MR) is 357 cm³/mol. The largest absolute Gasteiger partial charge is 0.487 e. The molecule has 8 aromatic rings. The summed E-state index contributed by atoms with van der Waals surface area (Å²) in [5.41, 5.74) is 6.06. The second kappa shape index (κ2) is 31.2. The van der Waals surface area contributed by atoms with Crippen LogP contribution in [0.4, 0.5) is 0 Å². The highest BCUT2D eigenvalue weighted by molar-refractivity contribution is 5.95. The lowest BCUT2D eigenvalue weighted by molar-refractivity contribution is 0.0502. The first-order valence-corrected chi connectivity index (χ1v) is 34.0. The number of rotatable bonds is 16. The van der Waals surface area contributed by atoms with Gasteiger partial charge in [0.2, 0.25) is 0 Å². The first-order valence-electron chi connectivity index (χ1n) is 34.0. The second-order valence-corrected chi connectivity index (χ2v) is 25.5. The van der Waals surface area contributed by atoms with E-state index in [4.69, 9.17) is 18.9 Å². The monoisotopic (exact) mass is 1270 g/mol. The standard InChI is InChI=1S/2C19H23N3O2.C18H21N3O2.C17H19N3O2.CH4/c2*23-19-18-13-15(14-24-17-9-5-2-6-10-17)20-22(18)12-11-21(19)16-7-3-1-4-8-16;22-18-17-12-14(13-23-16-8-2-1-3-9-16)19-21(17)11-10-20(18)15-6-4-5-7-15;21-17-16-11-13(12-22-15-7-2-1-3-8-15)18-20(16)10-9-19(17)14-5-4-6-14;/h2*2,5-6,9-10,13,16H,1,3-4,7-8,11-12,14H2;1-3,8-9,12,15H,4-7,10-11,13H2;1-3,7-8,11,14H,4-6,9-10,12H2;1H4. The maximum Gasteiger partial charge on any atom is 0.272 e. The van der Waals surface area contributed by atoms with E-state index in [-0.39, 0.29) is 31.1 Å². The molecule has 4 aliphatic carbocycles. The average molecular weight is 1280 g/mol. The molecule has 20 nitrogen and oxygen atoms in total. The van der Waals surface area contributed by atoms with Gasteiger partial charge in [-0.3, -0.25) is 37.9 Å². The fourth-order valence-corrected chi connectivity index (χ4v) is 14.1. The molecule has 0 N–H and O–H groups in total.